The van der Waals surface area contributed by atoms with Crippen molar-refractivity contribution in [2.45, 2.75) is 12.8 Å². The molecule has 1 unspecified atom stereocenters. The maximum atomic E-state index is 11.2. The second-order valence-corrected chi connectivity index (χ2v) is 4.75. The molecule has 2 aromatic rings. The topological polar surface area (TPSA) is 37.3 Å². The summed E-state index contributed by atoms with van der Waals surface area (Å²) in [5, 5.41) is 9.17. The highest BCUT2D eigenvalue weighted by atomic mass is 32.1. The zero-order valence-corrected chi connectivity index (χ0v) is 11.4. The van der Waals surface area contributed by atoms with E-state index in [0.717, 1.165) is 16.7 Å². The standard InChI is InChI=1S/C16H14O2S/c1-11(16(17)18)13-9-5-6-10-14(13)15(19)12-7-3-2-4-8-12/h2-11H,1H3,(H,17,18). The molecule has 2 rings (SSSR count). The molecule has 3 heteroatoms. The van der Waals surface area contributed by atoms with Crippen molar-refractivity contribution in [3.05, 3.63) is 71.3 Å². The van der Waals surface area contributed by atoms with Crippen LogP contribution in [0.3, 0.4) is 0 Å². The second kappa shape index (κ2) is 5.76. The molecular formula is C16H14O2S. The lowest BCUT2D eigenvalue weighted by molar-refractivity contribution is -0.138. The van der Waals surface area contributed by atoms with Crippen molar-refractivity contribution >= 4 is 23.1 Å². The first kappa shape index (κ1) is 13.4. The third-order valence-corrected chi connectivity index (χ3v) is 3.53. The predicted octanol–water partition coefficient (Wildman–Crippen LogP) is 3.64. The van der Waals surface area contributed by atoms with Crippen LogP contribution in [0.2, 0.25) is 0 Å². The highest BCUT2D eigenvalue weighted by molar-refractivity contribution is 7.81. The summed E-state index contributed by atoms with van der Waals surface area (Å²) >= 11 is 5.49. The Kier molecular flexibility index (Phi) is 4.07. The molecule has 96 valence electrons. The van der Waals surface area contributed by atoms with Crippen LogP contribution in [0.15, 0.2) is 54.6 Å². The molecule has 1 atom stereocenters. The molecule has 0 aliphatic carbocycles. The van der Waals surface area contributed by atoms with E-state index in [1.165, 1.54) is 0 Å². The summed E-state index contributed by atoms with van der Waals surface area (Å²) in [6.45, 7) is 1.68. The van der Waals surface area contributed by atoms with Gasteiger partial charge in [-0.2, -0.15) is 0 Å². The van der Waals surface area contributed by atoms with Crippen LogP contribution in [0, 0.1) is 0 Å². The number of aliphatic carboxylic acids is 1. The van der Waals surface area contributed by atoms with Gasteiger partial charge in [0.05, 0.1) is 10.8 Å². The quantitative estimate of drug-likeness (QED) is 0.680. The molecule has 1 N–H and O–H groups in total. The molecule has 0 saturated heterocycles. The molecular weight excluding hydrogens is 256 g/mol. The number of hydrogen-bond donors (Lipinski definition) is 1. The lowest BCUT2D eigenvalue weighted by Gasteiger charge is -2.14. The van der Waals surface area contributed by atoms with Gasteiger partial charge in [0.2, 0.25) is 0 Å². The number of thiocarbonyl (C=S) groups is 1. The van der Waals surface area contributed by atoms with Crippen LogP contribution >= 0.6 is 12.2 Å². The minimum Gasteiger partial charge on any atom is -0.481 e. The Morgan fingerprint density at radius 3 is 2.26 bits per heavy atom. The van der Waals surface area contributed by atoms with Gasteiger partial charge in [-0.1, -0.05) is 66.8 Å². The number of hydrogen-bond acceptors (Lipinski definition) is 2. The van der Waals surface area contributed by atoms with Gasteiger partial charge in [0.25, 0.3) is 0 Å². The van der Waals surface area contributed by atoms with E-state index < -0.39 is 11.9 Å². The minimum atomic E-state index is -0.844. The first-order chi connectivity index (χ1) is 9.11. The summed E-state index contributed by atoms with van der Waals surface area (Å²) in [6, 6.07) is 17.1. The smallest absolute Gasteiger partial charge is 0.310 e. The van der Waals surface area contributed by atoms with Crippen LogP contribution in [0.1, 0.15) is 29.5 Å². The van der Waals surface area contributed by atoms with E-state index in [1.807, 2.05) is 54.6 Å². The highest BCUT2D eigenvalue weighted by Crippen LogP contribution is 2.23. The Hall–Kier alpha value is -2.00. The van der Waals surface area contributed by atoms with Gasteiger partial charge in [0.1, 0.15) is 0 Å². The third-order valence-electron chi connectivity index (χ3n) is 3.08. The summed E-state index contributed by atoms with van der Waals surface area (Å²) in [4.78, 5) is 11.9. The van der Waals surface area contributed by atoms with Crippen LogP contribution in [0.25, 0.3) is 0 Å². The van der Waals surface area contributed by atoms with Crippen LogP contribution in [0.4, 0.5) is 0 Å². The fraction of sp³-hybridized carbons (Fsp3) is 0.125. The van der Waals surface area contributed by atoms with E-state index >= 15 is 0 Å². The number of carboxylic acid groups (broad SMARTS) is 1. The Morgan fingerprint density at radius 1 is 1.05 bits per heavy atom. The average Bonchev–Trinajstić information content (AvgIpc) is 2.46. The molecule has 0 heterocycles. The van der Waals surface area contributed by atoms with E-state index in [-0.39, 0.29) is 0 Å². The first-order valence-electron chi connectivity index (χ1n) is 6.02. The molecule has 0 spiro atoms. The molecule has 2 aromatic carbocycles. The van der Waals surface area contributed by atoms with Crippen LogP contribution in [-0.4, -0.2) is 15.9 Å². The van der Waals surface area contributed by atoms with Crippen LogP contribution in [0.5, 0.6) is 0 Å². The molecule has 0 radical (unpaired) electrons. The second-order valence-electron chi connectivity index (χ2n) is 4.34. The first-order valence-corrected chi connectivity index (χ1v) is 6.43. The molecule has 0 bridgehead atoms. The SMILES string of the molecule is CC(C(=O)O)c1ccccc1C(=S)c1ccccc1. The van der Waals surface area contributed by atoms with E-state index in [1.54, 1.807) is 6.92 Å². The Balaban J connectivity index is 2.46. The summed E-state index contributed by atoms with van der Waals surface area (Å²) in [7, 11) is 0. The van der Waals surface area contributed by atoms with Crippen molar-refractivity contribution in [3.8, 4) is 0 Å². The largest absolute Gasteiger partial charge is 0.481 e. The molecule has 2 nitrogen and oxygen atoms in total. The Labute approximate surface area is 117 Å². The van der Waals surface area contributed by atoms with E-state index in [2.05, 4.69) is 0 Å². The maximum Gasteiger partial charge on any atom is 0.310 e. The summed E-state index contributed by atoms with van der Waals surface area (Å²) in [5.41, 5.74) is 2.50. The van der Waals surface area contributed by atoms with Gasteiger partial charge in [0.15, 0.2) is 0 Å². The highest BCUT2D eigenvalue weighted by Gasteiger charge is 2.19. The van der Waals surface area contributed by atoms with Gasteiger partial charge >= 0.3 is 5.97 Å². The molecule has 0 aliphatic heterocycles. The molecule has 0 fully saturated rings. The number of rotatable bonds is 4. The summed E-state index contributed by atoms with van der Waals surface area (Å²) < 4.78 is 0. The van der Waals surface area contributed by atoms with Crippen molar-refractivity contribution in [3.63, 3.8) is 0 Å². The Morgan fingerprint density at radius 2 is 1.63 bits per heavy atom. The van der Waals surface area contributed by atoms with Crippen molar-refractivity contribution in [2.24, 2.45) is 0 Å². The zero-order chi connectivity index (χ0) is 13.8. The van der Waals surface area contributed by atoms with Gasteiger partial charge in [0, 0.05) is 0 Å². The monoisotopic (exact) mass is 270 g/mol. The van der Waals surface area contributed by atoms with Gasteiger partial charge in [-0.05, 0) is 23.6 Å². The normalized spacial score (nSPS) is 11.8. The number of carboxylic acids is 1. The fourth-order valence-electron chi connectivity index (χ4n) is 1.96. The zero-order valence-electron chi connectivity index (χ0n) is 10.5. The predicted molar refractivity (Wildman–Crippen MR) is 79.7 cm³/mol. The number of benzene rings is 2. The average molecular weight is 270 g/mol. The van der Waals surface area contributed by atoms with Gasteiger partial charge in [-0.3, -0.25) is 4.79 Å². The molecule has 0 saturated carbocycles. The van der Waals surface area contributed by atoms with Gasteiger partial charge in [-0.25, -0.2) is 0 Å². The maximum absolute atomic E-state index is 11.2. The van der Waals surface area contributed by atoms with Crippen molar-refractivity contribution < 1.29 is 9.90 Å². The van der Waals surface area contributed by atoms with E-state index in [0.29, 0.717) is 4.86 Å². The van der Waals surface area contributed by atoms with E-state index in [4.69, 9.17) is 17.3 Å². The summed E-state index contributed by atoms with van der Waals surface area (Å²) in [5.74, 6) is -1.42. The van der Waals surface area contributed by atoms with Crippen LogP contribution in [-0.2, 0) is 4.79 Å². The number of carbonyl (C=O) groups is 1. The van der Waals surface area contributed by atoms with Crippen molar-refractivity contribution in [1.29, 1.82) is 0 Å². The van der Waals surface area contributed by atoms with Crippen LogP contribution < -0.4 is 0 Å². The summed E-state index contributed by atoms with van der Waals surface area (Å²) in [6.07, 6.45) is 0. The fourth-order valence-corrected chi connectivity index (χ4v) is 2.28. The van der Waals surface area contributed by atoms with E-state index in [9.17, 15) is 4.79 Å². The lowest BCUT2D eigenvalue weighted by atomic mass is 9.92. The molecule has 0 aromatic heterocycles. The minimum absolute atomic E-state index is 0.571. The van der Waals surface area contributed by atoms with Gasteiger partial charge in [-0.15, -0.1) is 0 Å². The van der Waals surface area contributed by atoms with Crippen molar-refractivity contribution in [2.75, 3.05) is 0 Å². The molecule has 0 aliphatic rings. The molecule has 19 heavy (non-hydrogen) atoms. The lowest BCUT2D eigenvalue weighted by Crippen LogP contribution is -2.12. The third kappa shape index (κ3) is 2.88. The Bertz CT molecular complexity index is 605. The molecule has 0 amide bonds. The van der Waals surface area contributed by atoms with Crippen molar-refractivity contribution in [1.82, 2.24) is 0 Å². The van der Waals surface area contributed by atoms with Gasteiger partial charge < -0.3 is 5.11 Å².